The minimum Gasteiger partial charge on any atom is -0.492 e. The molecule has 7 heteroatoms. The number of carbonyl (C=O) groups is 2. The van der Waals surface area contributed by atoms with Crippen LogP contribution in [0.2, 0.25) is 0 Å². The fourth-order valence-electron chi connectivity index (χ4n) is 2.42. The molecule has 0 radical (unpaired) electrons. The number of hydrazine groups is 1. The van der Waals surface area contributed by atoms with E-state index in [0.29, 0.717) is 34.1 Å². The second kappa shape index (κ2) is 10.9. The average Bonchev–Trinajstić information content (AvgIpc) is 2.68. The van der Waals surface area contributed by atoms with Crippen molar-refractivity contribution in [2.24, 2.45) is 5.92 Å². The van der Waals surface area contributed by atoms with Gasteiger partial charge in [-0.3, -0.25) is 20.4 Å². The first-order valence-electron chi connectivity index (χ1n) is 9.48. The van der Waals surface area contributed by atoms with Crippen LogP contribution in [0.4, 0.5) is 0 Å². The van der Waals surface area contributed by atoms with Crippen molar-refractivity contribution in [2.75, 3.05) is 13.2 Å². The fourth-order valence-corrected chi connectivity index (χ4v) is 2.92. The summed E-state index contributed by atoms with van der Waals surface area (Å²) >= 11 is 3.41. The van der Waals surface area contributed by atoms with Crippen molar-refractivity contribution in [3.05, 3.63) is 57.6 Å². The van der Waals surface area contributed by atoms with Gasteiger partial charge >= 0.3 is 0 Å². The van der Waals surface area contributed by atoms with E-state index in [1.165, 1.54) is 0 Å². The summed E-state index contributed by atoms with van der Waals surface area (Å²) in [6, 6.07) is 10.7. The minimum absolute atomic E-state index is 0.198. The van der Waals surface area contributed by atoms with Gasteiger partial charge in [0.05, 0.1) is 11.1 Å². The van der Waals surface area contributed by atoms with Crippen molar-refractivity contribution >= 4 is 27.7 Å². The standard InChI is InChI=1S/C22H27BrN2O4/c1-14(2)10-11-28-20-9-8-17(12-18(20)23)22(27)25-24-21(26)13-29-19-7-5-6-15(3)16(19)4/h5-9,12,14H,10-11,13H2,1-4H3,(H,24,26)(H,25,27). The molecule has 0 saturated carbocycles. The summed E-state index contributed by atoms with van der Waals surface area (Å²) in [6.45, 7) is 8.58. The number of nitrogens with one attached hydrogen (secondary N) is 2. The Morgan fingerprint density at radius 1 is 1.03 bits per heavy atom. The number of halogens is 1. The Hall–Kier alpha value is -2.54. The summed E-state index contributed by atoms with van der Waals surface area (Å²) in [6.07, 6.45) is 0.949. The molecular weight excluding hydrogens is 436 g/mol. The fraction of sp³-hybridized carbons (Fsp3) is 0.364. The number of aryl methyl sites for hydroxylation is 1. The van der Waals surface area contributed by atoms with Crippen molar-refractivity contribution in [2.45, 2.75) is 34.1 Å². The predicted molar refractivity (Wildman–Crippen MR) is 116 cm³/mol. The van der Waals surface area contributed by atoms with Crippen molar-refractivity contribution in [3.63, 3.8) is 0 Å². The number of ether oxygens (including phenoxy) is 2. The Kier molecular flexibility index (Phi) is 8.51. The Morgan fingerprint density at radius 2 is 1.79 bits per heavy atom. The maximum atomic E-state index is 12.3. The summed E-state index contributed by atoms with van der Waals surface area (Å²) in [5, 5.41) is 0. The first-order chi connectivity index (χ1) is 13.8. The number of amides is 2. The normalized spacial score (nSPS) is 10.6. The van der Waals surface area contributed by atoms with E-state index in [1.807, 2.05) is 26.0 Å². The van der Waals surface area contributed by atoms with Crippen LogP contribution in [-0.2, 0) is 4.79 Å². The molecule has 0 aliphatic rings. The summed E-state index contributed by atoms with van der Waals surface area (Å²) in [5.74, 6) is 0.990. The third-order valence-corrected chi connectivity index (χ3v) is 5.00. The van der Waals surface area contributed by atoms with Crippen LogP contribution in [0.1, 0.15) is 41.8 Å². The molecule has 2 rings (SSSR count). The van der Waals surface area contributed by atoms with Gasteiger partial charge in [-0.15, -0.1) is 0 Å². The molecule has 0 heterocycles. The Bertz CT molecular complexity index is 868. The zero-order valence-corrected chi connectivity index (χ0v) is 18.8. The Morgan fingerprint density at radius 3 is 2.48 bits per heavy atom. The molecule has 0 aromatic heterocycles. The van der Waals surface area contributed by atoms with Crippen LogP contribution >= 0.6 is 15.9 Å². The topological polar surface area (TPSA) is 76.7 Å². The lowest BCUT2D eigenvalue weighted by Crippen LogP contribution is -2.43. The van der Waals surface area contributed by atoms with E-state index in [9.17, 15) is 9.59 Å². The number of rotatable bonds is 8. The zero-order chi connectivity index (χ0) is 21.4. The van der Waals surface area contributed by atoms with E-state index in [0.717, 1.165) is 17.5 Å². The van der Waals surface area contributed by atoms with Gasteiger partial charge in [0.25, 0.3) is 11.8 Å². The molecule has 0 aliphatic carbocycles. The number of carbonyl (C=O) groups excluding carboxylic acids is 2. The second-order valence-corrected chi connectivity index (χ2v) is 8.02. The van der Waals surface area contributed by atoms with Crippen molar-refractivity contribution < 1.29 is 19.1 Å². The number of hydrogen-bond acceptors (Lipinski definition) is 4. The molecule has 2 amide bonds. The largest absolute Gasteiger partial charge is 0.492 e. The summed E-state index contributed by atoms with van der Waals surface area (Å²) < 4.78 is 11.9. The summed E-state index contributed by atoms with van der Waals surface area (Å²) in [5.41, 5.74) is 7.19. The lowest BCUT2D eigenvalue weighted by atomic mass is 10.1. The van der Waals surface area contributed by atoms with Crippen LogP contribution in [0, 0.1) is 19.8 Å². The Balaban J connectivity index is 1.82. The van der Waals surface area contributed by atoms with Gasteiger partial charge in [0, 0.05) is 5.56 Å². The van der Waals surface area contributed by atoms with Crippen LogP contribution in [0.3, 0.4) is 0 Å². The predicted octanol–water partition coefficient (Wildman–Crippen LogP) is 4.33. The van der Waals surface area contributed by atoms with Crippen LogP contribution in [-0.4, -0.2) is 25.0 Å². The first-order valence-corrected chi connectivity index (χ1v) is 10.3. The van der Waals surface area contributed by atoms with Gasteiger partial charge < -0.3 is 9.47 Å². The van der Waals surface area contributed by atoms with Gasteiger partial charge in [0.1, 0.15) is 11.5 Å². The van der Waals surface area contributed by atoms with E-state index in [-0.39, 0.29) is 6.61 Å². The molecule has 156 valence electrons. The third-order valence-electron chi connectivity index (χ3n) is 4.38. The van der Waals surface area contributed by atoms with Crippen LogP contribution < -0.4 is 20.3 Å². The highest BCUT2D eigenvalue weighted by Crippen LogP contribution is 2.26. The van der Waals surface area contributed by atoms with Gasteiger partial charge in [-0.05, 0) is 77.5 Å². The maximum absolute atomic E-state index is 12.3. The molecule has 0 spiro atoms. The maximum Gasteiger partial charge on any atom is 0.276 e. The van der Waals surface area contributed by atoms with Gasteiger partial charge in [-0.1, -0.05) is 26.0 Å². The van der Waals surface area contributed by atoms with E-state index < -0.39 is 11.8 Å². The zero-order valence-electron chi connectivity index (χ0n) is 17.2. The molecule has 0 aliphatic heterocycles. The highest BCUT2D eigenvalue weighted by atomic mass is 79.9. The van der Waals surface area contributed by atoms with Crippen LogP contribution in [0.15, 0.2) is 40.9 Å². The number of hydrogen-bond donors (Lipinski definition) is 2. The van der Waals surface area contributed by atoms with Crippen molar-refractivity contribution in [1.29, 1.82) is 0 Å². The van der Waals surface area contributed by atoms with Crippen LogP contribution in [0.5, 0.6) is 11.5 Å². The van der Waals surface area contributed by atoms with E-state index in [4.69, 9.17) is 9.47 Å². The summed E-state index contributed by atoms with van der Waals surface area (Å²) in [4.78, 5) is 24.2. The minimum atomic E-state index is -0.452. The molecule has 0 saturated heterocycles. The Labute approximate surface area is 180 Å². The van der Waals surface area contributed by atoms with Gasteiger partial charge in [0.2, 0.25) is 0 Å². The molecule has 0 atom stereocenters. The highest BCUT2D eigenvalue weighted by molar-refractivity contribution is 9.10. The third kappa shape index (κ3) is 7.09. The van der Waals surface area contributed by atoms with E-state index in [1.54, 1.807) is 24.3 Å². The van der Waals surface area contributed by atoms with E-state index >= 15 is 0 Å². The molecule has 2 N–H and O–H groups in total. The molecule has 2 aromatic rings. The SMILES string of the molecule is Cc1cccc(OCC(=O)NNC(=O)c2ccc(OCCC(C)C)c(Br)c2)c1C. The second-order valence-electron chi connectivity index (χ2n) is 7.17. The summed E-state index contributed by atoms with van der Waals surface area (Å²) in [7, 11) is 0. The van der Waals surface area contributed by atoms with Gasteiger partial charge in [-0.2, -0.15) is 0 Å². The molecule has 29 heavy (non-hydrogen) atoms. The molecule has 0 fully saturated rings. The van der Waals surface area contributed by atoms with E-state index in [2.05, 4.69) is 40.6 Å². The van der Waals surface area contributed by atoms with Crippen molar-refractivity contribution in [1.82, 2.24) is 10.9 Å². The lowest BCUT2D eigenvalue weighted by Gasteiger charge is -2.12. The first kappa shape index (κ1) is 22.7. The smallest absolute Gasteiger partial charge is 0.276 e. The van der Waals surface area contributed by atoms with Gasteiger partial charge in [-0.25, -0.2) is 0 Å². The molecule has 0 bridgehead atoms. The molecule has 2 aromatic carbocycles. The molecule has 0 unspecified atom stereocenters. The molecular formula is C22H27BrN2O4. The lowest BCUT2D eigenvalue weighted by molar-refractivity contribution is -0.123. The van der Waals surface area contributed by atoms with Gasteiger partial charge in [0.15, 0.2) is 6.61 Å². The van der Waals surface area contributed by atoms with Crippen LogP contribution in [0.25, 0.3) is 0 Å². The number of benzene rings is 2. The monoisotopic (exact) mass is 462 g/mol. The highest BCUT2D eigenvalue weighted by Gasteiger charge is 2.11. The van der Waals surface area contributed by atoms with Crippen molar-refractivity contribution in [3.8, 4) is 11.5 Å². The molecule has 6 nitrogen and oxygen atoms in total. The average molecular weight is 463 g/mol. The quantitative estimate of drug-likeness (QED) is 0.572.